The Balaban J connectivity index is 2.46. The predicted molar refractivity (Wildman–Crippen MR) is 76.4 cm³/mol. The van der Waals surface area contributed by atoms with Crippen LogP contribution in [0.15, 0.2) is 12.7 Å². The largest absolute Gasteiger partial charge is 0.480 e. The lowest BCUT2D eigenvalue weighted by Gasteiger charge is -2.21. The number of amides is 1. The van der Waals surface area contributed by atoms with Gasteiger partial charge in [-0.25, -0.2) is 4.79 Å². The van der Waals surface area contributed by atoms with Crippen molar-refractivity contribution in [3.8, 4) is 0 Å². The van der Waals surface area contributed by atoms with Gasteiger partial charge in [-0.1, -0.05) is 38.2 Å². The van der Waals surface area contributed by atoms with Crippen LogP contribution in [0, 0.1) is 5.92 Å². The average molecular weight is 283 g/mol. The zero-order valence-electron chi connectivity index (χ0n) is 12.0. The summed E-state index contributed by atoms with van der Waals surface area (Å²) in [6, 6.07) is -0.979. The van der Waals surface area contributed by atoms with Gasteiger partial charge in [0.1, 0.15) is 0 Å². The van der Waals surface area contributed by atoms with E-state index in [4.69, 9.17) is 9.84 Å². The number of nitrogens with one attached hydrogen (secondary N) is 1. The summed E-state index contributed by atoms with van der Waals surface area (Å²) in [7, 11) is 0. The van der Waals surface area contributed by atoms with Crippen LogP contribution >= 0.6 is 0 Å². The number of hydrogen-bond acceptors (Lipinski definition) is 3. The van der Waals surface area contributed by atoms with Crippen LogP contribution in [0.3, 0.4) is 0 Å². The van der Waals surface area contributed by atoms with E-state index in [1.165, 1.54) is 6.42 Å². The zero-order valence-corrected chi connectivity index (χ0v) is 12.0. The van der Waals surface area contributed by atoms with Crippen molar-refractivity contribution in [3.63, 3.8) is 0 Å². The molecule has 1 fully saturated rings. The summed E-state index contributed by atoms with van der Waals surface area (Å²) >= 11 is 0. The van der Waals surface area contributed by atoms with Crippen molar-refractivity contribution >= 4 is 11.9 Å². The fraction of sp³-hybridized carbons (Fsp3) is 0.733. The first-order valence-electron chi connectivity index (χ1n) is 7.37. The monoisotopic (exact) mass is 283 g/mol. The van der Waals surface area contributed by atoms with Crippen molar-refractivity contribution < 1.29 is 19.4 Å². The van der Waals surface area contributed by atoms with Crippen molar-refractivity contribution in [1.82, 2.24) is 5.32 Å². The minimum Gasteiger partial charge on any atom is -0.480 e. The van der Waals surface area contributed by atoms with E-state index >= 15 is 0 Å². The molecule has 0 aromatic carbocycles. The second-order valence-corrected chi connectivity index (χ2v) is 5.27. The summed E-state index contributed by atoms with van der Waals surface area (Å²) in [6.07, 6.45) is 8.91. The van der Waals surface area contributed by atoms with Gasteiger partial charge in [-0.2, -0.15) is 0 Å². The molecule has 0 saturated heterocycles. The molecule has 0 bridgehead atoms. The lowest BCUT2D eigenvalue weighted by atomic mass is 9.90. The Kier molecular flexibility index (Phi) is 7.95. The number of ether oxygens (including phenoxy) is 1. The summed E-state index contributed by atoms with van der Waals surface area (Å²) in [5.74, 6) is -1.27. The SMILES string of the molecule is C=CCOCC(NC(=O)C1CCCCCCC1)C(=O)O. The summed E-state index contributed by atoms with van der Waals surface area (Å²) in [6.45, 7) is 3.75. The number of carbonyl (C=O) groups excluding carboxylic acids is 1. The minimum atomic E-state index is -1.06. The highest BCUT2D eigenvalue weighted by Gasteiger charge is 2.25. The van der Waals surface area contributed by atoms with Crippen LogP contribution in [0.1, 0.15) is 44.9 Å². The van der Waals surface area contributed by atoms with Gasteiger partial charge in [0.05, 0.1) is 13.2 Å². The van der Waals surface area contributed by atoms with Crippen molar-refractivity contribution in [1.29, 1.82) is 0 Å². The molecule has 114 valence electrons. The van der Waals surface area contributed by atoms with E-state index in [0.29, 0.717) is 0 Å². The average Bonchev–Trinajstić information content (AvgIpc) is 2.36. The van der Waals surface area contributed by atoms with Crippen molar-refractivity contribution in [2.24, 2.45) is 5.92 Å². The minimum absolute atomic E-state index is 0.0280. The fourth-order valence-electron chi connectivity index (χ4n) is 2.45. The normalized spacial score (nSPS) is 18.6. The van der Waals surface area contributed by atoms with Crippen molar-refractivity contribution in [3.05, 3.63) is 12.7 Å². The van der Waals surface area contributed by atoms with E-state index in [2.05, 4.69) is 11.9 Å². The van der Waals surface area contributed by atoms with Gasteiger partial charge in [0.15, 0.2) is 6.04 Å². The molecule has 5 heteroatoms. The molecule has 1 unspecified atom stereocenters. The summed E-state index contributed by atoms with van der Waals surface area (Å²) in [4.78, 5) is 23.3. The number of carboxylic acid groups (broad SMARTS) is 1. The second-order valence-electron chi connectivity index (χ2n) is 5.27. The van der Waals surface area contributed by atoms with Crippen LogP contribution in [0.2, 0.25) is 0 Å². The molecular formula is C15H25NO4. The smallest absolute Gasteiger partial charge is 0.328 e. The second kappa shape index (κ2) is 9.53. The maximum atomic E-state index is 12.2. The number of rotatable bonds is 7. The molecule has 2 N–H and O–H groups in total. The Morgan fingerprint density at radius 1 is 1.25 bits per heavy atom. The standard InChI is InChI=1S/C15H25NO4/c1-2-10-20-11-13(15(18)19)16-14(17)12-8-6-4-3-5-7-9-12/h2,12-13H,1,3-11H2,(H,16,17)(H,18,19). The van der Waals surface area contributed by atoms with Gasteiger partial charge in [-0.3, -0.25) is 4.79 Å². The first-order chi connectivity index (χ1) is 9.65. The Morgan fingerprint density at radius 3 is 2.40 bits per heavy atom. The third-order valence-electron chi connectivity index (χ3n) is 3.61. The van der Waals surface area contributed by atoms with Gasteiger partial charge >= 0.3 is 5.97 Å². The number of carbonyl (C=O) groups is 2. The Bertz CT molecular complexity index is 322. The van der Waals surface area contributed by atoms with Crippen molar-refractivity contribution in [2.75, 3.05) is 13.2 Å². The maximum Gasteiger partial charge on any atom is 0.328 e. The molecule has 1 aliphatic rings. The molecular weight excluding hydrogens is 258 g/mol. The van der Waals surface area contributed by atoms with E-state index in [0.717, 1.165) is 38.5 Å². The molecule has 1 saturated carbocycles. The van der Waals surface area contributed by atoms with Gasteiger partial charge < -0.3 is 15.2 Å². The number of aliphatic carboxylic acids is 1. The Labute approximate surface area is 120 Å². The molecule has 0 aromatic heterocycles. The summed E-state index contributed by atoms with van der Waals surface area (Å²) in [5.41, 5.74) is 0. The number of hydrogen-bond donors (Lipinski definition) is 2. The molecule has 0 heterocycles. The lowest BCUT2D eigenvalue weighted by Crippen LogP contribution is -2.46. The molecule has 0 aliphatic heterocycles. The lowest BCUT2D eigenvalue weighted by molar-refractivity contribution is -0.144. The van der Waals surface area contributed by atoms with Gasteiger partial charge in [0, 0.05) is 5.92 Å². The molecule has 0 spiro atoms. The van der Waals surface area contributed by atoms with E-state index in [9.17, 15) is 9.59 Å². The first-order valence-corrected chi connectivity index (χ1v) is 7.37. The molecule has 1 aliphatic carbocycles. The molecule has 5 nitrogen and oxygen atoms in total. The van der Waals surface area contributed by atoms with E-state index in [1.54, 1.807) is 6.08 Å². The van der Waals surface area contributed by atoms with Crippen LogP contribution in [-0.2, 0) is 14.3 Å². The highest BCUT2D eigenvalue weighted by molar-refractivity contribution is 5.85. The highest BCUT2D eigenvalue weighted by Crippen LogP contribution is 2.22. The summed E-state index contributed by atoms with van der Waals surface area (Å²) in [5, 5.41) is 11.7. The molecule has 0 radical (unpaired) electrons. The van der Waals surface area contributed by atoms with E-state index < -0.39 is 12.0 Å². The maximum absolute atomic E-state index is 12.2. The Hall–Kier alpha value is -1.36. The molecule has 0 aromatic rings. The molecule has 1 amide bonds. The highest BCUT2D eigenvalue weighted by atomic mass is 16.5. The first kappa shape index (κ1) is 16.7. The quantitative estimate of drug-likeness (QED) is 0.554. The van der Waals surface area contributed by atoms with E-state index in [-0.39, 0.29) is 25.0 Å². The van der Waals surface area contributed by atoms with Crippen LogP contribution in [0.4, 0.5) is 0 Å². The van der Waals surface area contributed by atoms with Crippen LogP contribution in [0.5, 0.6) is 0 Å². The van der Waals surface area contributed by atoms with Crippen LogP contribution in [-0.4, -0.2) is 36.2 Å². The molecule has 1 rings (SSSR count). The van der Waals surface area contributed by atoms with Crippen LogP contribution < -0.4 is 5.32 Å². The Morgan fingerprint density at radius 2 is 1.85 bits per heavy atom. The molecule has 20 heavy (non-hydrogen) atoms. The number of carboxylic acids is 1. The van der Waals surface area contributed by atoms with Gasteiger partial charge in [0.2, 0.25) is 5.91 Å². The fourth-order valence-corrected chi connectivity index (χ4v) is 2.45. The van der Waals surface area contributed by atoms with Crippen molar-refractivity contribution in [2.45, 2.75) is 51.0 Å². The predicted octanol–water partition coefficient (Wildman–Crippen LogP) is 2.12. The van der Waals surface area contributed by atoms with Gasteiger partial charge in [-0.05, 0) is 12.8 Å². The van der Waals surface area contributed by atoms with Gasteiger partial charge in [0.25, 0.3) is 0 Å². The summed E-state index contributed by atoms with van der Waals surface area (Å²) < 4.78 is 5.13. The third-order valence-corrected chi connectivity index (χ3v) is 3.61. The third kappa shape index (κ3) is 6.19. The van der Waals surface area contributed by atoms with E-state index in [1.807, 2.05) is 0 Å². The zero-order chi connectivity index (χ0) is 14.8. The molecule has 1 atom stereocenters. The van der Waals surface area contributed by atoms with Crippen LogP contribution in [0.25, 0.3) is 0 Å². The topological polar surface area (TPSA) is 75.6 Å². The van der Waals surface area contributed by atoms with Gasteiger partial charge in [-0.15, -0.1) is 6.58 Å².